The molecule has 2 saturated carbocycles. The van der Waals surface area contributed by atoms with E-state index in [0.29, 0.717) is 0 Å². The van der Waals surface area contributed by atoms with Crippen molar-refractivity contribution >= 4 is 32.3 Å². The van der Waals surface area contributed by atoms with Crippen LogP contribution in [0.4, 0.5) is 0 Å². The van der Waals surface area contributed by atoms with E-state index in [2.05, 4.69) is 103 Å². The number of hydrogen-bond acceptors (Lipinski definition) is 0. The molecule has 1 heterocycles. The first kappa shape index (κ1) is 35.8. The maximum atomic E-state index is 2.75. The van der Waals surface area contributed by atoms with Gasteiger partial charge in [0, 0.05) is 0 Å². The molecule has 7 heteroatoms. The molecule has 6 atom stereocenters. The number of fused-ring (bicyclic) bond motifs is 2. The smallest absolute Gasteiger partial charge is 1.00 e. The molecule has 0 nitrogen and oxygen atoms in total. The Morgan fingerprint density at radius 2 is 0.775 bits per heavy atom. The Hall–Kier alpha value is 1.29. The maximum Gasteiger partial charge on any atom is -1.00 e. The predicted octanol–water partition coefficient (Wildman–Crippen LogP) is 5.26. The molecule has 4 aliphatic carbocycles. The van der Waals surface area contributed by atoms with Gasteiger partial charge in [0.25, 0.3) is 0 Å². The van der Waals surface area contributed by atoms with Crippen molar-refractivity contribution in [3.05, 3.63) is 45.1 Å². The molecule has 5 rings (SSSR count). The van der Waals surface area contributed by atoms with Gasteiger partial charge in [0.1, 0.15) is 0 Å². The van der Waals surface area contributed by atoms with E-state index in [4.69, 9.17) is 0 Å². The van der Waals surface area contributed by atoms with Gasteiger partial charge in [-0.3, -0.25) is 0 Å². The van der Waals surface area contributed by atoms with Crippen molar-refractivity contribution in [2.24, 2.45) is 23.7 Å². The Morgan fingerprint density at radius 3 is 1.02 bits per heavy atom. The second-order valence-corrected chi connectivity index (χ2v) is 50.7. The van der Waals surface area contributed by atoms with Crippen molar-refractivity contribution in [2.45, 2.75) is 126 Å². The van der Waals surface area contributed by atoms with Crippen molar-refractivity contribution in [3.8, 4) is 0 Å². The molecule has 0 radical (unpaired) electrons. The molecule has 226 valence electrons. The molecule has 3 fully saturated rings. The van der Waals surface area contributed by atoms with Crippen LogP contribution in [0.15, 0.2) is 45.1 Å². The van der Waals surface area contributed by atoms with Gasteiger partial charge < -0.3 is 24.8 Å². The first-order chi connectivity index (χ1) is 17.4. The van der Waals surface area contributed by atoms with Crippen LogP contribution in [0.5, 0.6) is 0 Å². The van der Waals surface area contributed by atoms with Crippen LogP contribution in [0.3, 0.4) is 0 Å². The van der Waals surface area contributed by atoms with Crippen LogP contribution in [-0.2, 0) is 20.3 Å². The molecule has 6 unspecified atom stereocenters. The molecule has 1 saturated heterocycles. The Balaban J connectivity index is 0.00000220. The van der Waals surface area contributed by atoms with E-state index in [0.717, 1.165) is 30.9 Å². The Labute approximate surface area is 270 Å². The average Bonchev–Trinajstić information content (AvgIpc) is 3.35. The fourth-order valence-corrected chi connectivity index (χ4v) is 36.3. The van der Waals surface area contributed by atoms with Crippen molar-refractivity contribution in [2.75, 3.05) is 0 Å². The number of allylic oxidation sites excluding steroid dienone is 8. The summed E-state index contributed by atoms with van der Waals surface area (Å²) in [5.74, 6) is 3.75. The van der Waals surface area contributed by atoms with E-state index in [-0.39, 0.29) is 24.8 Å². The summed E-state index contributed by atoms with van der Waals surface area (Å²) >= 11 is -2.39. The van der Waals surface area contributed by atoms with Crippen LogP contribution in [0.25, 0.3) is 0 Å². The third-order valence-electron chi connectivity index (χ3n) is 11.9. The number of hydrogen-bond donors (Lipinski definition) is 0. The number of rotatable bonds is 6. The second kappa shape index (κ2) is 11.9. The van der Waals surface area contributed by atoms with Crippen molar-refractivity contribution in [1.82, 2.24) is 0 Å². The molecule has 0 amide bonds. The van der Waals surface area contributed by atoms with Gasteiger partial charge in [-0.15, -0.1) is 0 Å². The van der Waals surface area contributed by atoms with Gasteiger partial charge in [0.2, 0.25) is 0 Å². The third kappa shape index (κ3) is 6.09. The van der Waals surface area contributed by atoms with Crippen molar-refractivity contribution < 1.29 is 45.1 Å². The van der Waals surface area contributed by atoms with Gasteiger partial charge in [0.05, 0.1) is 0 Å². The van der Waals surface area contributed by atoms with E-state index < -0.39 is 52.6 Å². The van der Waals surface area contributed by atoms with E-state index >= 15 is 0 Å². The van der Waals surface area contributed by atoms with Gasteiger partial charge in [0.15, 0.2) is 0 Å². The average molecular weight is 731 g/mol. The van der Waals surface area contributed by atoms with Gasteiger partial charge in [-0.05, 0) is 0 Å². The molecular weight excluding hydrogens is 671 g/mol. The summed E-state index contributed by atoms with van der Waals surface area (Å²) in [4.78, 5) is 0. The quantitative estimate of drug-likeness (QED) is 0.328. The first-order valence-electron chi connectivity index (χ1n) is 16.2. The van der Waals surface area contributed by atoms with E-state index in [1.54, 1.807) is 27.5 Å². The first-order valence-corrected chi connectivity index (χ1v) is 36.5. The summed E-state index contributed by atoms with van der Waals surface area (Å²) < 4.78 is 5.78. The van der Waals surface area contributed by atoms with E-state index in [1.807, 2.05) is 20.8 Å². The van der Waals surface area contributed by atoms with E-state index in [9.17, 15) is 0 Å². The summed E-state index contributed by atoms with van der Waals surface area (Å²) in [6.07, 6.45) is 18.7. The summed E-state index contributed by atoms with van der Waals surface area (Å²) in [5.41, 5.74) is 0. The standard InChI is InChI=1S/2C15H27Si2.C3H6.2ClH.Zr/c2*1-16(2,3)14-10-11-15(17(4,5)6)13-9-7-8-12(13)14;1-3-2;;;/h2*8,10-13H,7,9H2,1-6H3;1-3H2;2*1H;/q;;;;;+2/p-2. The summed E-state index contributed by atoms with van der Waals surface area (Å²) in [5, 5.41) is 7.89. The SMILES string of the molecule is C[Si](C)(C)C1=CC=C([Si](C)(C)C)C2C1CC[CH]2[Zr+2]1([CH]2CCC3C([Si](C)(C)C)=CC=C([Si](C)(C)C)C32)[CH2]C[CH2]1.[Cl-].[Cl-]. The van der Waals surface area contributed by atoms with Gasteiger partial charge in [-0.25, -0.2) is 0 Å². The van der Waals surface area contributed by atoms with Crippen LogP contribution in [0.2, 0.25) is 94.1 Å². The molecular formula is C33H60Cl2Si4Zr. The van der Waals surface area contributed by atoms with Crippen LogP contribution < -0.4 is 24.8 Å². The predicted molar refractivity (Wildman–Crippen MR) is 180 cm³/mol. The maximum absolute atomic E-state index is 2.75. The van der Waals surface area contributed by atoms with Crippen LogP contribution in [-0.4, -0.2) is 32.3 Å². The molecule has 1 aliphatic heterocycles. The minimum Gasteiger partial charge on any atom is -1.00 e. The van der Waals surface area contributed by atoms with Gasteiger partial charge in [-0.2, -0.15) is 0 Å². The van der Waals surface area contributed by atoms with Crippen molar-refractivity contribution in [1.29, 1.82) is 0 Å². The summed E-state index contributed by atoms with van der Waals surface area (Å²) in [7, 11) is -5.25. The zero-order chi connectivity index (χ0) is 28.1. The number of halogens is 2. The Bertz CT molecular complexity index is 1010. The monoisotopic (exact) mass is 728 g/mol. The van der Waals surface area contributed by atoms with Crippen molar-refractivity contribution in [3.63, 3.8) is 0 Å². The van der Waals surface area contributed by atoms with Gasteiger partial charge in [-0.1, -0.05) is 0 Å². The van der Waals surface area contributed by atoms with E-state index in [1.165, 1.54) is 12.8 Å². The zero-order valence-corrected chi connectivity index (χ0v) is 35.9. The third-order valence-corrected chi connectivity index (χ3v) is 37.7. The Morgan fingerprint density at radius 1 is 0.475 bits per heavy atom. The normalized spacial score (nSPS) is 32.9. The van der Waals surface area contributed by atoms with Crippen LogP contribution in [0.1, 0.15) is 32.1 Å². The fourth-order valence-electron chi connectivity index (χ4n) is 10.4. The summed E-state index contributed by atoms with van der Waals surface area (Å²) in [6, 6.07) is 0. The molecule has 0 aromatic heterocycles. The van der Waals surface area contributed by atoms with Crippen LogP contribution >= 0.6 is 0 Å². The molecule has 0 bridgehead atoms. The summed E-state index contributed by atoms with van der Waals surface area (Å²) in [6.45, 7) is 31.9. The molecule has 0 spiro atoms. The fraction of sp³-hybridized carbons (Fsp3) is 0.758. The zero-order valence-electron chi connectivity index (χ0n) is 28.0. The largest absolute Gasteiger partial charge is 1.00 e. The molecule has 0 aromatic carbocycles. The molecule has 40 heavy (non-hydrogen) atoms. The second-order valence-electron chi connectivity index (χ2n) is 18.2. The van der Waals surface area contributed by atoms with Gasteiger partial charge >= 0.3 is 248 Å². The van der Waals surface area contributed by atoms with Crippen LogP contribution in [0, 0.1) is 23.7 Å². The topological polar surface area (TPSA) is 0 Å². The molecule has 0 aromatic rings. The molecule has 0 N–H and O–H groups in total. The Kier molecular flexibility index (Phi) is 10.6. The minimum atomic E-state index is -2.39. The molecule has 5 aliphatic rings. The minimum absolute atomic E-state index is 0.